The van der Waals surface area contributed by atoms with Gasteiger partial charge in [-0.2, -0.15) is 0 Å². The molecule has 0 saturated carbocycles. The lowest BCUT2D eigenvalue weighted by Gasteiger charge is -2.10. The van der Waals surface area contributed by atoms with Crippen LogP contribution in [0.15, 0.2) is 18.2 Å². The summed E-state index contributed by atoms with van der Waals surface area (Å²) in [5, 5.41) is 4.17. The van der Waals surface area contributed by atoms with Gasteiger partial charge in [0.15, 0.2) is 0 Å². The van der Waals surface area contributed by atoms with Crippen molar-refractivity contribution in [3.05, 3.63) is 23.1 Å². The highest BCUT2D eigenvalue weighted by Crippen LogP contribution is 2.38. The number of anilines is 1. The molecular formula is C14H18N2O3S. The van der Waals surface area contributed by atoms with Gasteiger partial charge in [0.05, 0.1) is 19.9 Å². The molecule has 1 aromatic heterocycles. The Morgan fingerprint density at radius 3 is 2.80 bits per heavy atom. The van der Waals surface area contributed by atoms with E-state index in [0.717, 1.165) is 21.5 Å². The first-order chi connectivity index (χ1) is 9.56. The SMILES string of the molecule is COC(=O)c1sc2ccc(OC)cc2c1NC[C@@H](C)N. The number of benzene rings is 1. The lowest BCUT2D eigenvalue weighted by molar-refractivity contribution is 0.0607. The molecule has 3 N–H and O–H groups in total. The first kappa shape index (κ1) is 14.6. The highest BCUT2D eigenvalue weighted by Gasteiger charge is 2.19. The molecular weight excluding hydrogens is 276 g/mol. The number of nitrogens with one attached hydrogen (secondary N) is 1. The van der Waals surface area contributed by atoms with Crippen LogP contribution in [-0.4, -0.2) is 32.8 Å². The van der Waals surface area contributed by atoms with Crippen molar-refractivity contribution in [2.45, 2.75) is 13.0 Å². The molecule has 0 bridgehead atoms. The molecule has 2 rings (SSSR count). The molecule has 0 saturated heterocycles. The van der Waals surface area contributed by atoms with Crippen LogP contribution in [0.5, 0.6) is 5.75 Å². The average molecular weight is 294 g/mol. The highest BCUT2D eigenvalue weighted by molar-refractivity contribution is 7.21. The maximum atomic E-state index is 11.9. The first-order valence-corrected chi connectivity index (χ1v) is 7.06. The van der Waals surface area contributed by atoms with Crippen LogP contribution in [0.2, 0.25) is 0 Å². The highest BCUT2D eigenvalue weighted by atomic mass is 32.1. The lowest BCUT2D eigenvalue weighted by atomic mass is 10.2. The molecule has 0 aliphatic rings. The van der Waals surface area contributed by atoms with Gasteiger partial charge in [-0.3, -0.25) is 0 Å². The van der Waals surface area contributed by atoms with Crippen molar-refractivity contribution >= 4 is 33.1 Å². The molecule has 5 nitrogen and oxygen atoms in total. The topological polar surface area (TPSA) is 73.6 Å². The number of thiophene rings is 1. The van der Waals surface area contributed by atoms with E-state index in [1.54, 1.807) is 7.11 Å². The van der Waals surface area contributed by atoms with Gasteiger partial charge < -0.3 is 20.5 Å². The van der Waals surface area contributed by atoms with Gasteiger partial charge in [-0.05, 0) is 25.1 Å². The predicted octanol–water partition coefficient (Wildman–Crippen LogP) is 2.46. The van der Waals surface area contributed by atoms with Crippen LogP contribution in [0.3, 0.4) is 0 Å². The maximum absolute atomic E-state index is 11.9. The van der Waals surface area contributed by atoms with E-state index >= 15 is 0 Å². The number of methoxy groups -OCH3 is 2. The molecule has 1 heterocycles. The number of rotatable bonds is 5. The standard InChI is InChI=1S/C14H18N2O3S/c1-8(15)7-16-12-10-6-9(18-2)4-5-11(10)20-13(12)14(17)19-3/h4-6,8,16H,7,15H2,1-3H3/t8-/m1/s1. The molecule has 0 aliphatic carbocycles. The second kappa shape index (κ2) is 6.11. The fourth-order valence-electron chi connectivity index (χ4n) is 1.88. The Morgan fingerprint density at radius 1 is 1.45 bits per heavy atom. The smallest absolute Gasteiger partial charge is 0.350 e. The van der Waals surface area contributed by atoms with Crippen LogP contribution in [0.4, 0.5) is 5.69 Å². The van der Waals surface area contributed by atoms with Crippen LogP contribution in [0, 0.1) is 0 Å². The van der Waals surface area contributed by atoms with Crippen molar-refractivity contribution in [3.63, 3.8) is 0 Å². The zero-order chi connectivity index (χ0) is 14.7. The molecule has 0 unspecified atom stereocenters. The predicted molar refractivity (Wildman–Crippen MR) is 81.9 cm³/mol. The summed E-state index contributed by atoms with van der Waals surface area (Å²) in [6.45, 7) is 2.48. The van der Waals surface area contributed by atoms with Gasteiger partial charge in [0.1, 0.15) is 10.6 Å². The van der Waals surface area contributed by atoms with Gasteiger partial charge in [0, 0.05) is 22.7 Å². The summed E-state index contributed by atoms with van der Waals surface area (Å²) in [4.78, 5) is 12.4. The van der Waals surface area contributed by atoms with Crippen molar-refractivity contribution in [2.24, 2.45) is 5.73 Å². The van der Waals surface area contributed by atoms with Crippen LogP contribution < -0.4 is 15.8 Å². The van der Waals surface area contributed by atoms with Crippen LogP contribution >= 0.6 is 11.3 Å². The molecule has 20 heavy (non-hydrogen) atoms. The van der Waals surface area contributed by atoms with E-state index in [1.807, 2.05) is 25.1 Å². The summed E-state index contributed by atoms with van der Waals surface area (Å²) in [6, 6.07) is 5.69. The second-order valence-electron chi connectivity index (χ2n) is 4.52. The van der Waals surface area contributed by atoms with E-state index in [2.05, 4.69) is 5.32 Å². The van der Waals surface area contributed by atoms with Gasteiger partial charge in [-0.25, -0.2) is 4.79 Å². The Bertz CT molecular complexity index is 622. The van der Waals surface area contributed by atoms with E-state index in [9.17, 15) is 4.79 Å². The van der Waals surface area contributed by atoms with Crippen molar-refractivity contribution in [1.82, 2.24) is 0 Å². The molecule has 108 valence electrons. The Kier molecular flexibility index (Phi) is 4.46. The van der Waals surface area contributed by atoms with Crippen LogP contribution in [0.1, 0.15) is 16.6 Å². The van der Waals surface area contributed by atoms with Gasteiger partial charge in [0.2, 0.25) is 0 Å². The fourth-order valence-corrected chi connectivity index (χ4v) is 2.96. The van der Waals surface area contributed by atoms with Gasteiger partial charge >= 0.3 is 5.97 Å². The van der Waals surface area contributed by atoms with E-state index in [4.69, 9.17) is 15.2 Å². The number of carbonyl (C=O) groups excluding carboxylic acids is 1. The number of hydrogen-bond acceptors (Lipinski definition) is 6. The number of ether oxygens (including phenoxy) is 2. The van der Waals surface area contributed by atoms with Crippen LogP contribution in [0.25, 0.3) is 10.1 Å². The molecule has 0 radical (unpaired) electrons. The molecule has 1 aromatic carbocycles. The van der Waals surface area contributed by atoms with Crippen molar-refractivity contribution in [1.29, 1.82) is 0 Å². The summed E-state index contributed by atoms with van der Waals surface area (Å²) in [5.41, 5.74) is 6.53. The first-order valence-electron chi connectivity index (χ1n) is 6.25. The Hall–Kier alpha value is -1.79. The third-order valence-electron chi connectivity index (χ3n) is 2.87. The van der Waals surface area contributed by atoms with Crippen LogP contribution in [-0.2, 0) is 4.74 Å². The molecule has 6 heteroatoms. The average Bonchev–Trinajstić information content (AvgIpc) is 2.81. The molecule has 0 amide bonds. The van der Waals surface area contributed by atoms with Crippen molar-refractivity contribution in [3.8, 4) is 5.75 Å². The maximum Gasteiger partial charge on any atom is 0.350 e. The minimum atomic E-state index is -0.350. The number of hydrogen-bond donors (Lipinski definition) is 2. The number of esters is 1. The summed E-state index contributed by atoms with van der Waals surface area (Å²) >= 11 is 1.39. The van der Waals surface area contributed by atoms with E-state index in [1.165, 1.54) is 18.4 Å². The van der Waals surface area contributed by atoms with E-state index in [-0.39, 0.29) is 12.0 Å². The molecule has 0 spiro atoms. The normalized spacial score (nSPS) is 12.2. The molecule has 0 fully saturated rings. The fraction of sp³-hybridized carbons (Fsp3) is 0.357. The van der Waals surface area contributed by atoms with Gasteiger partial charge in [0.25, 0.3) is 0 Å². The Morgan fingerprint density at radius 2 is 2.20 bits per heavy atom. The number of carbonyl (C=O) groups is 1. The largest absolute Gasteiger partial charge is 0.497 e. The number of nitrogens with two attached hydrogens (primary N) is 1. The quantitative estimate of drug-likeness (QED) is 0.829. The summed E-state index contributed by atoms with van der Waals surface area (Å²) in [7, 11) is 2.99. The summed E-state index contributed by atoms with van der Waals surface area (Å²) < 4.78 is 11.1. The zero-order valence-electron chi connectivity index (χ0n) is 11.7. The van der Waals surface area contributed by atoms with E-state index < -0.39 is 0 Å². The van der Waals surface area contributed by atoms with E-state index in [0.29, 0.717) is 11.4 Å². The Labute approximate surface area is 121 Å². The van der Waals surface area contributed by atoms with Crippen molar-refractivity contribution < 1.29 is 14.3 Å². The molecule has 2 aromatic rings. The lowest BCUT2D eigenvalue weighted by Crippen LogP contribution is -2.25. The molecule has 0 aliphatic heterocycles. The minimum Gasteiger partial charge on any atom is -0.497 e. The third-order valence-corrected chi connectivity index (χ3v) is 4.02. The zero-order valence-corrected chi connectivity index (χ0v) is 12.5. The third kappa shape index (κ3) is 2.86. The van der Waals surface area contributed by atoms with Crippen molar-refractivity contribution in [2.75, 3.05) is 26.1 Å². The summed E-state index contributed by atoms with van der Waals surface area (Å²) in [6.07, 6.45) is 0. The molecule has 1 atom stereocenters. The Balaban J connectivity index is 2.53. The van der Waals surface area contributed by atoms with Gasteiger partial charge in [-0.15, -0.1) is 11.3 Å². The minimum absolute atomic E-state index is 0.0129. The monoisotopic (exact) mass is 294 g/mol. The summed E-state index contributed by atoms with van der Waals surface area (Å²) in [5.74, 6) is 0.396. The van der Waals surface area contributed by atoms with Gasteiger partial charge in [-0.1, -0.05) is 0 Å². The number of fused-ring (bicyclic) bond motifs is 1. The second-order valence-corrected chi connectivity index (χ2v) is 5.57.